The first-order valence-corrected chi connectivity index (χ1v) is 8.26. The number of anilines is 1. The van der Waals surface area contributed by atoms with Crippen LogP contribution in [0.4, 0.5) is 5.69 Å². The minimum absolute atomic E-state index is 0.106. The summed E-state index contributed by atoms with van der Waals surface area (Å²) >= 11 is 0. The Kier molecular flexibility index (Phi) is 4.93. The fourth-order valence-corrected chi connectivity index (χ4v) is 2.63. The first kappa shape index (κ1) is 16.9. The van der Waals surface area contributed by atoms with Crippen LogP contribution in [0.25, 0.3) is 22.1 Å². The molecule has 0 fully saturated rings. The Morgan fingerprint density at radius 2 is 2.00 bits per heavy atom. The van der Waals surface area contributed by atoms with Crippen molar-refractivity contribution in [3.8, 4) is 22.6 Å². The molecule has 25 heavy (non-hydrogen) atoms. The Morgan fingerprint density at radius 3 is 2.72 bits per heavy atom. The van der Waals surface area contributed by atoms with E-state index in [9.17, 15) is 4.79 Å². The molecular formula is C20H21NO4. The van der Waals surface area contributed by atoms with E-state index in [1.165, 1.54) is 6.26 Å². The number of nitrogen functional groups attached to an aromatic ring is 1. The predicted octanol–water partition coefficient (Wildman–Crippen LogP) is 4.23. The molecule has 0 spiro atoms. The van der Waals surface area contributed by atoms with E-state index in [0.717, 1.165) is 12.8 Å². The third kappa shape index (κ3) is 3.45. The van der Waals surface area contributed by atoms with Crippen molar-refractivity contribution >= 4 is 16.7 Å². The highest BCUT2D eigenvalue weighted by Crippen LogP contribution is 2.28. The zero-order valence-electron chi connectivity index (χ0n) is 14.4. The van der Waals surface area contributed by atoms with Gasteiger partial charge in [-0.3, -0.25) is 4.79 Å². The Balaban J connectivity index is 1.98. The van der Waals surface area contributed by atoms with E-state index in [1.54, 1.807) is 43.5 Å². The van der Waals surface area contributed by atoms with Gasteiger partial charge in [-0.1, -0.05) is 19.4 Å². The van der Waals surface area contributed by atoms with Gasteiger partial charge in [0.15, 0.2) is 5.43 Å². The first-order chi connectivity index (χ1) is 12.1. The molecule has 0 atom stereocenters. The first-order valence-electron chi connectivity index (χ1n) is 8.26. The van der Waals surface area contributed by atoms with E-state index in [0.29, 0.717) is 45.9 Å². The smallest absolute Gasteiger partial charge is 0.200 e. The van der Waals surface area contributed by atoms with Crippen LogP contribution >= 0.6 is 0 Å². The van der Waals surface area contributed by atoms with E-state index in [4.69, 9.17) is 19.6 Å². The molecule has 0 saturated carbocycles. The second-order valence-corrected chi connectivity index (χ2v) is 5.80. The molecule has 2 N–H and O–H groups in total. The standard InChI is InChI=1S/C20H21NO4/c1-3-4-9-24-14-6-7-15-19(11-14)25-12-16(20(15)22)13-5-8-18(23-2)17(21)10-13/h5-8,10-12H,3-4,9,21H2,1-2H3. The van der Waals surface area contributed by atoms with Crippen LogP contribution in [-0.2, 0) is 0 Å². The average molecular weight is 339 g/mol. The van der Waals surface area contributed by atoms with Crippen molar-refractivity contribution in [1.82, 2.24) is 0 Å². The van der Waals surface area contributed by atoms with Gasteiger partial charge in [0.2, 0.25) is 0 Å². The summed E-state index contributed by atoms with van der Waals surface area (Å²) in [5.74, 6) is 1.27. The van der Waals surface area contributed by atoms with Gasteiger partial charge in [0.25, 0.3) is 0 Å². The summed E-state index contributed by atoms with van der Waals surface area (Å²) in [6, 6.07) is 10.5. The zero-order valence-corrected chi connectivity index (χ0v) is 14.4. The average Bonchev–Trinajstić information content (AvgIpc) is 2.62. The normalized spacial score (nSPS) is 10.8. The molecule has 5 nitrogen and oxygen atoms in total. The summed E-state index contributed by atoms with van der Waals surface area (Å²) < 4.78 is 16.5. The Morgan fingerprint density at radius 1 is 1.16 bits per heavy atom. The van der Waals surface area contributed by atoms with Crippen molar-refractivity contribution in [3.63, 3.8) is 0 Å². The Hall–Kier alpha value is -2.95. The number of methoxy groups -OCH3 is 1. The molecule has 5 heteroatoms. The number of rotatable bonds is 6. The molecule has 1 heterocycles. The quantitative estimate of drug-likeness (QED) is 0.537. The number of unbranched alkanes of at least 4 members (excludes halogenated alkanes) is 1. The van der Waals surface area contributed by atoms with Crippen molar-refractivity contribution in [3.05, 3.63) is 52.9 Å². The van der Waals surface area contributed by atoms with E-state index in [-0.39, 0.29) is 5.43 Å². The van der Waals surface area contributed by atoms with Gasteiger partial charge >= 0.3 is 0 Å². The minimum atomic E-state index is -0.106. The molecule has 2 aromatic carbocycles. The number of fused-ring (bicyclic) bond motifs is 1. The van der Waals surface area contributed by atoms with E-state index in [2.05, 4.69) is 6.92 Å². The zero-order chi connectivity index (χ0) is 17.8. The van der Waals surface area contributed by atoms with Crippen molar-refractivity contribution in [2.75, 3.05) is 19.5 Å². The van der Waals surface area contributed by atoms with Gasteiger partial charge in [0, 0.05) is 6.07 Å². The molecule has 0 aliphatic carbocycles. The minimum Gasteiger partial charge on any atom is -0.495 e. The van der Waals surface area contributed by atoms with Crippen LogP contribution in [0, 0.1) is 0 Å². The SMILES string of the molecule is CCCCOc1ccc2c(=O)c(-c3ccc(OC)c(N)c3)coc2c1. The molecule has 1 aromatic heterocycles. The Bertz CT molecular complexity index is 946. The molecule has 0 amide bonds. The number of ether oxygens (including phenoxy) is 2. The maximum absolute atomic E-state index is 12.8. The highest BCUT2D eigenvalue weighted by atomic mass is 16.5. The topological polar surface area (TPSA) is 74.7 Å². The Labute approximate surface area is 146 Å². The molecule has 0 bridgehead atoms. The molecule has 3 aromatic rings. The third-order valence-corrected chi connectivity index (χ3v) is 4.05. The van der Waals surface area contributed by atoms with Crippen molar-refractivity contribution in [2.45, 2.75) is 19.8 Å². The second-order valence-electron chi connectivity index (χ2n) is 5.80. The predicted molar refractivity (Wildman–Crippen MR) is 99.3 cm³/mol. The van der Waals surface area contributed by atoms with Crippen molar-refractivity contribution < 1.29 is 13.9 Å². The summed E-state index contributed by atoms with van der Waals surface area (Å²) in [6.07, 6.45) is 3.51. The van der Waals surface area contributed by atoms with Crippen LogP contribution in [0.3, 0.4) is 0 Å². The van der Waals surface area contributed by atoms with E-state index in [1.807, 2.05) is 0 Å². The lowest BCUT2D eigenvalue weighted by Gasteiger charge is -2.08. The molecule has 3 rings (SSSR count). The lowest BCUT2D eigenvalue weighted by Crippen LogP contribution is -2.05. The molecule has 0 radical (unpaired) electrons. The van der Waals surface area contributed by atoms with Crippen LogP contribution in [0.15, 0.2) is 51.9 Å². The van der Waals surface area contributed by atoms with Crippen LogP contribution in [0.2, 0.25) is 0 Å². The van der Waals surface area contributed by atoms with Gasteiger partial charge in [-0.15, -0.1) is 0 Å². The lowest BCUT2D eigenvalue weighted by molar-refractivity contribution is 0.309. The molecular weight excluding hydrogens is 318 g/mol. The van der Waals surface area contributed by atoms with Gasteiger partial charge in [0.1, 0.15) is 23.3 Å². The van der Waals surface area contributed by atoms with Gasteiger partial charge in [-0.25, -0.2) is 0 Å². The summed E-state index contributed by atoms with van der Waals surface area (Å²) in [7, 11) is 1.55. The van der Waals surface area contributed by atoms with E-state index < -0.39 is 0 Å². The highest BCUT2D eigenvalue weighted by molar-refractivity contribution is 5.83. The lowest BCUT2D eigenvalue weighted by atomic mass is 10.0. The number of hydrogen-bond donors (Lipinski definition) is 1. The van der Waals surface area contributed by atoms with Gasteiger partial charge < -0.3 is 19.6 Å². The summed E-state index contributed by atoms with van der Waals surface area (Å²) in [6.45, 7) is 2.76. The van der Waals surface area contributed by atoms with Crippen LogP contribution < -0.4 is 20.6 Å². The summed E-state index contributed by atoms with van der Waals surface area (Å²) in [4.78, 5) is 12.8. The molecule has 0 saturated heterocycles. The number of hydrogen-bond acceptors (Lipinski definition) is 5. The largest absolute Gasteiger partial charge is 0.495 e. The summed E-state index contributed by atoms with van der Waals surface area (Å²) in [5.41, 5.74) is 7.96. The fourth-order valence-electron chi connectivity index (χ4n) is 2.63. The molecule has 0 unspecified atom stereocenters. The van der Waals surface area contributed by atoms with Crippen LogP contribution in [0.1, 0.15) is 19.8 Å². The highest BCUT2D eigenvalue weighted by Gasteiger charge is 2.11. The van der Waals surface area contributed by atoms with Gasteiger partial charge in [-0.05, 0) is 36.2 Å². The molecule has 130 valence electrons. The maximum atomic E-state index is 12.8. The van der Waals surface area contributed by atoms with Crippen LogP contribution in [-0.4, -0.2) is 13.7 Å². The molecule has 0 aliphatic rings. The number of nitrogens with two attached hydrogens (primary N) is 1. The number of benzene rings is 2. The van der Waals surface area contributed by atoms with Crippen LogP contribution in [0.5, 0.6) is 11.5 Å². The van der Waals surface area contributed by atoms with Gasteiger partial charge in [0.05, 0.1) is 30.4 Å². The monoisotopic (exact) mass is 339 g/mol. The van der Waals surface area contributed by atoms with Crippen molar-refractivity contribution in [2.24, 2.45) is 0 Å². The fraction of sp³-hybridized carbons (Fsp3) is 0.250. The van der Waals surface area contributed by atoms with Crippen molar-refractivity contribution in [1.29, 1.82) is 0 Å². The van der Waals surface area contributed by atoms with E-state index >= 15 is 0 Å². The van der Waals surface area contributed by atoms with Gasteiger partial charge in [-0.2, -0.15) is 0 Å². The maximum Gasteiger partial charge on any atom is 0.200 e. The summed E-state index contributed by atoms with van der Waals surface area (Å²) in [5, 5.41) is 0.509. The molecule has 0 aliphatic heterocycles. The third-order valence-electron chi connectivity index (χ3n) is 4.05. The second kappa shape index (κ2) is 7.30.